The molecule has 1 fully saturated rings. The first-order chi connectivity index (χ1) is 11.5. The summed E-state index contributed by atoms with van der Waals surface area (Å²) >= 11 is 7.47. The minimum absolute atomic E-state index is 0.373. The van der Waals surface area contributed by atoms with Gasteiger partial charge < -0.3 is 9.47 Å². The molecule has 6 heteroatoms. The molecule has 0 saturated heterocycles. The Labute approximate surface area is 155 Å². The molecule has 0 bridgehead atoms. The first-order valence-corrected chi connectivity index (χ1v) is 9.80. The Balaban J connectivity index is 2.42. The van der Waals surface area contributed by atoms with Crippen LogP contribution >= 0.6 is 23.4 Å². The molecule has 0 heterocycles. The van der Waals surface area contributed by atoms with Gasteiger partial charge in [0.2, 0.25) is 0 Å². The molecule has 1 rings (SSSR count). The number of hydrogen-bond donors (Lipinski definition) is 0. The third-order valence-corrected chi connectivity index (χ3v) is 4.45. The molecule has 4 nitrogen and oxygen atoms in total. The van der Waals surface area contributed by atoms with E-state index in [-0.39, 0.29) is 0 Å². The first kappa shape index (κ1) is 21.1. The van der Waals surface area contributed by atoms with Gasteiger partial charge in [-0.1, -0.05) is 43.3 Å². The number of aliphatic imine (C=N–C) groups is 2. The van der Waals surface area contributed by atoms with Gasteiger partial charge in [-0.15, -0.1) is 0 Å². The smallest absolute Gasteiger partial charge is 0.187 e. The molecular formula is C18H29ClN2O2S. The van der Waals surface area contributed by atoms with E-state index >= 15 is 0 Å². The van der Waals surface area contributed by atoms with Crippen LogP contribution in [0.5, 0.6) is 0 Å². The summed E-state index contributed by atoms with van der Waals surface area (Å²) in [7, 11) is 0. The standard InChI is InChI=1S/C18H29ClN2O2S/c1-5-11-22-12-10-20-17(16-6-7-16)23-13-24-18(14(2)3)21-9-8-15(4)19/h5,8,11,14,16H,6-7,9-10,12-13H2,1-4H3/b11-5+,15-8+,20-17?,21-18?. The minimum Gasteiger partial charge on any atom is -0.500 e. The topological polar surface area (TPSA) is 43.2 Å². The number of nitrogens with zero attached hydrogens (tertiary/aromatic N) is 2. The predicted octanol–water partition coefficient (Wildman–Crippen LogP) is 5.25. The molecule has 1 aliphatic rings. The summed E-state index contributed by atoms with van der Waals surface area (Å²) in [5, 5.41) is 1.85. The second-order valence-corrected chi connectivity index (χ2v) is 7.40. The zero-order valence-corrected chi connectivity index (χ0v) is 16.7. The van der Waals surface area contributed by atoms with Gasteiger partial charge in [0, 0.05) is 16.9 Å². The van der Waals surface area contributed by atoms with Crippen molar-refractivity contribution in [2.45, 2.75) is 40.5 Å². The van der Waals surface area contributed by atoms with E-state index in [1.165, 1.54) is 12.8 Å². The van der Waals surface area contributed by atoms with Crippen molar-refractivity contribution in [3.63, 3.8) is 0 Å². The lowest BCUT2D eigenvalue weighted by Crippen LogP contribution is -2.12. The number of allylic oxidation sites excluding steroid dienone is 2. The van der Waals surface area contributed by atoms with Crippen molar-refractivity contribution in [1.29, 1.82) is 0 Å². The van der Waals surface area contributed by atoms with Gasteiger partial charge in [0.15, 0.2) is 5.90 Å². The molecule has 24 heavy (non-hydrogen) atoms. The maximum Gasteiger partial charge on any atom is 0.187 e. The van der Waals surface area contributed by atoms with Crippen LogP contribution in [0.4, 0.5) is 0 Å². The van der Waals surface area contributed by atoms with Gasteiger partial charge in [0.25, 0.3) is 0 Å². The van der Waals surface area contributed by atoms with E-state index in [0.29, 0.717) is 37.5 Å². The molecule has 0 amide bonds. The summed E-state index contributed by atoms with van der Waals surface area (Å²) < 4.78 is 11.2. The molecule has 0 atom stereocenters. The average Bonchev–Trinajstić information content (AvgIpc) is 3.35. The van der Waals surface area contributed by atoms with Crippen LogP contribution in [0.15, 0.2) is 33.4 Å². The third kappa shape index (κ3) is 10.0. The Hall–Kier alpha value is -0.940. The lowest BCUT2D eigenvalue weighted by Gasteiger charge is -2.12. The normalized spacial score (nSPS) is 17.0. The van der Waals surface area contributed by atoms with Crippen LogP contribution in [-0.4, -0.2) is 36.6 Å². The van der Waals surface area contributed by atoms with Crippen molar-refractivity contribution in [2.75, 3.05) is 25.6 Å². The molecular weight excluding hydrogens is 344 g/mol. The second kappa shape index (κ2) is 12.4. The summed E-state index contributed by atoms with van der Waals surface area (Å²) in [5.74, 6) is 2.28. The quantitative estimate of drug-likeness (QED) is 0.173. The maximum atomic E-state index is 5.90. The fourth-order valence-corrected chi connectivity index (χ4v) is 2.67. The largest absolute Gasteiger partial charge is 0.500 e. The predicted molar refractivity (Wildman–Crippen MR) is 106 cm³/mol. The highest BCUT2D eigenvalue weighted by Crippen LogP contribution is 2.31. The van der Waals surface area contributed by atoms with Crippen molar-refractivity contribution >= 4 is 34.3 Å². The van der Waals surface area contributed by atoms with Crippen molar-refractivity contribution in [3.8, 4) is 0 Å². The summed E-state index contributed by atoms with van der Waals surface area (Å²) in [6, 6.07) is 0. The molecule has 0 aromatic carbocycles. The summed E-state index contributed by atoms with van der Waals surface area (Å²) in [4.78, 5) is 9.13. The lowest BCUT2D eigenvalue weighted by molar-refractivity contribution is 0.257. The van der Waals surface area contributed by atoms with E-state index in [1.54, 1.807) is 18.0 Å². The molecule has 1 saturated carbocycles. The molecule has 0 radical (unpaired) electrons. The Kier molecular flexibility index (Phi) is 10.9. The number of rotatable bonds is 10. The van der Waals surface area contributed by atoms with Gasteiger partial charge in [0.1, 0.15) is 12.5 Å². The maximum absolute atomic E-state index is 5.90. The van der Waals surface area contributed by atoms with Crippen LogP contribution in [0, 0.1) is 11.8 Å². The van der Waals surface area contributed by atoms with Crippen molar-refractivity contribution in [2.24, 2.45) is 21.8 Å². The van der Waals surface area contributed by atoms with E-state index in [1.807, 2.05) is 26.0 Å². The molecule has 0 aliphatic heterocycles. The number of halogens is 1. The minimum atomic E-state index is 0.373. The van der Waals surface area contributed by atoms with Gasteiger partial charge in [0.05, 0.1) is 24.4 Å². The van der Waals surface area contributed by atoms with Crippen LogP contribution in [0.2, 0.25) is 0 Å². The van der Waals surface area contributed by atoms with Crippen molar-refractivity contribution < 1.29 is 9.47 Å². The zero-order chi connectivity index (χ0) is 17.8. The molecule has 0 aromatic rings. The Morgan fingerprint density at radius 2 is 2.08 bits per heavy atom. The van der Waals surface area contributed by atoms with Crippen molar-refractivity contribution in [3.05, 3.63) is 23.4 Å². The van der Waals surface area contributed by atoms with E-state index in [2.05, 4.69) is 23.8 Å². The van der Waals surface area contributed by atoms with Crippen molar-refractivity contribution in [1.82, 2.24) is 0 Å². The van der Waals surface area contributed by atoms with Gasteiger partial charge in [-0.05, 0) is 32.8 Å². The molecule has 1 aliphatic carbocycles. The molecule has 0 spiro atoms. The second-order valence-electron chi connectivity index (χ2n) is 5.87. The van der Waals surface area contributed by atoms with E-state index in [4.69, 9.17) is 21.1 Å². The highest BCUT2D eigenvalue weighted by Gasteiger charge is 2.29. The van der Waals surface area contributed by atoms with Gasteiger partial charge in [-0.3, -0.25) is 9.98 Å². The highest BCUT2D eigenvalue weighted by molar-refractivity contribution is 8.13. The van der Waals surface area contributed by atoms with Crippen LogP contribution in [0.25, 0.3) is 0 Å². The van der Waals surface area contributed by atoms with Gasteiger partial charge >= 0.3 is 0 Å². The SMILES string of the molecule is C/C=C/OCCN=C(OCSC(=NC/C=C(\C)Cl)C(C)C)C1CC1. The fourth-order valence-electron chi connectivity index (χ4n) is 1.80. The third-order valence-electron chi connectivity index (χ3n) is 3.16. The molecule has 0 aromatic heterocycles. The number of hydrogen-bond acceptors (Lipinski definition) is 5. The molecule has 136 valence electrons. The van der Waals surface area contributed by atoms with Crippen LogP contribution < -0.4 is 0 Å². The highest BCUT2D eigenvalue weighted by atomic mass is 35.5. The van der Waals surface area contributed by atoms with Crippen LogP contribution in [-0.2, 0) is 9.47 Å². The molecule has 0 unspecified atom stereocenters. The first-order valence-electron chi connectivity index (χ1n) is 8.43. The monoisotopic (exact) mass is 372 g/mol. The van der Waals surface area contributed by atoms with Gasteiger partial charge in [-0.25, -0.2) is 0 Å². The van der Waals surface area contributed by atoms with Crippen LogP contribution in [0.3, 0.4) is 0 Å². The Morgan fingerprint density at radius 1 is 1.33 bits per heavy atom. The zero-order valence-electron chi connectivity index (χ0n) is 15.1. The Morgan fingerprint density at radius 3 is 2.67 bits per heavy atom. The van der Waals surface area contributed by atoms with Crippen LogP contribution in [0.1, 0.15) is 40.5 Å². The summed E-state index contributed by atoms with van der Waals surface area (Å²) in [6.07, 6.45) is 7.80. The fraction of sp³-hybridized carbons (Fsp3) is 0.667. The Bertz CT molecular complexity index is 479. The summed E-state index contributed by atoms with van der Waals surface area (Å²) in [5.41, 5.74) is 0. The lowest BCUT2D eigenvalue weighted by atomic mass is 10.2. The van der Waals surface area contributed by atoms with E-state index in [0.717, 1.165) is 16.0 Å². The average molecular weight is 373 g/mol. The molecule has 0 N–H and O–H groups in total. The summed E-state index contributed by atoms with van der Waals surface area (Å²) in [6.45, 7) is 9.89. The number of thioether (sulfide) groups is 1. The van der Waals surface area contributed by atoms with E-state index < -0.39 is 0 Å². The number of ether oxygens (including phenoxy) is 2. The van der Waals surface area contributed by atoms with Gasteiger partial charge in [-0.2, -0.15) is 0 Å². The van der Waals surface area contributed by atoms with E-state index in [9.17, 15) is 0 Å².